The van der Waals surface area contributed by atoms with Crippen LogP contribution in [0.5, 0.6) is 11.5 Å². The Morgan fingerprint density at radius 3 is 2.29 bits per heavy atom. The molecule has 0 saturated heterocycles. The summed E-state index contributed by atoms with van der Waals surface area (Å²) in [4.78, 5) is 15.2. The van der Waals surface area contributed by atoms with Crippen molar-refractivity contribution in [3.8, 4) is 11.5 Å². The highest BCUT2D eigenvalue weighted by Crippen LogP contribution is 2.38. The van der Waals surface area contributed by atoms with Crippen LogP contribution in [-0.4, -0.2) is 37.1 Å². The molecule has 0 radical (unpaired) electrons. The van der Waals surface area contributed by atoms with Crippen molar-refractivity contribution in [2.24, 2.45) is 0 Å². The van der Waals surface area contributed by atoms with Crippen LogP contribution in [0.25, 0.3) is 0 Å². The van der Waals surface area contributed by atoms with Crippen LogP contribution in [0.4, 0.5) is 0 Å². The van der Waals surface area contributed by atoms with Crippen molar-refractivity contribution in [1.82, 2.24) is 4.90 Å². The van der Waals surface area contributed by atoms with Gasteiger partial charge in [-0.2, -0.15) is 0 Å². The SMILES string of the molecule is COc1cccc(C(=O)N(C2CCCC2)C2CC2)c1OC. The lowest BCUT2D eigenvalue weighted by atomic mass is 10.1. The van der Waals surface area contributed by atoms with Crippen LogP contribution >= 0.6 is 0 Å². The van der Waals surface area contributed by atoms with Gasteiger partial charge in [-0.3, -0.25) is 4.79 Å². The van der Waals surface area contributed by atoms with E-state index in [4.69, 9.17) is 9.47 Å². The fourth-order valence-corrected chi connectivity index (χ4v) is 3.36. The lowest BCUT2D eigenvalue weighted by Gasteiger charge is -2.30. The molecule has 0 N–H and O–H groups in total. The van der Waals surface area contributed by atoms with Gasteiger partial charge in [-0.25, -0.2) is 0 Å². The van der Waals surface area contributed by atoms with Crippen LogP contribution in [0, 0.1) is 0 Å². The predicted molar refractivity (Wildman–Crippen MR) is 81.0 cm³/mol. The quantitative estimate of drug-likeness (QED) is 0.835. The molecular formula is C17H23NO3. The number of hydrogen-bond acceptors (Lipinski definition) is 3. The Balaban J connectivity index is 1.92. The second-order valence-corrected chi connectivity index (χ2v) is 5.92. The summed E-state index contributed by atoms with van der Waals surface area (Å²) in [5, 5.41) is 0. The van der Waals surface area contributed by atoms with Crippen LogP contribution in [0.15, 0.2) is 18.2 Å². The summed E-state index contributed by atoms with van der Waals surface area (Å²) in [7, 11) is 3.19. The zero-order valence-electron chi connectivity index (χ0n) is 12.8. The number of hydrogen-bond donors (Lipinski definition) is 0. The molecule has 3 rings (SSSR count). The maximum atomic E-state index is 13.1. The molecule has 1 aromatic rings. The lowest BCUT2D eigenvalue weighted by molar-refractivity contribution is 0.0660. The smallest absolute Gasteiger partial charge is 0.258 e. The number of nitrogens with zero attached hydrogens (tertiary/aromatic N) is 1. The van der Waals surface area contributed by atoms with Crippen molar-refractivity contribution < 1.29 is 14.3 Å². The number of carbonyl (C=O) groups excluding carboxylic acids is 1. The van der Waals surface area contributed by atoms with E-state index >= 15 is 0 Å². The van der Waals surface area contributed by atoms with Crippen molar-refractivity contribution in [2.45, 2.75) is 50.6 Å². The third-order valence-electron chi connectivity index (χ3n) is 4.53. The van der Waals surface area contributed by atoms with Crippen molar-refractivity contribution in [1.29, 1.82) is 0 Å². The second kappa shape index (κ2) is 5.96. The highest BCUT2D eigenvalue weighted by molar-refractivity contribution is 5.98. The zero-order chi connectivity index (χ0) is 14.8. The summed E-state index contributed by atoms with van der Waals surface area (Å²) in [6, 6.07) is 6.35. The second-order valence-electron chi connectivity index (χ2n) is 5.92. The van der Waals surface area contributed by atoms with E-state index in [2.05, 4.69) is 4.90 Å². The van der Waals surface area contributed by atoms with E-state index in [1.807, 2.05) is 18.2 Å². The number of para-hydroxylation sites is 1. The van der Waals surface area contributed by atoms with E-state index < -0.39 is 0 Å². The van der Waals surface area contributed by atoms with Crippen LogP contribution in [-0.2, 0) is 0 Å². The molecule has 0 bridgehead atoms. The maximum Gasteiger partial charge on any atom is 0.258 e. The van der Waals surface area contributed by atoms with E-state index in [9.17, 15) is 4.79 Å². The van der Waals surface area contributed by atoms with Gasteiger partial charge in [0.15, 0.2) is 11.5 Å². The zero-order valence-corrected chi connectivity index (χ0v) is 12.8. The van der Waals surface area contributed by atoms with Gasteiger partial charge in [0, 0.05) is 12.1 Å². The Kier molecular flexibility index (Phi) is 4.04. The van der Waals surface area contributed by atoms with Gasteiger partial charge in [-0.15, -0.1) is 0 Å². The molecule has 0 aromatic heterocycles. The molecule has 0 aliphatic heterocycles. The molecule has 0 heterocycles. The number of benzene rings is 1. The van der Waals surface area contributed by atoms with Gasteiger partial charge >= 0.3 is 0 Å². The molecule has 0 unspecified atom stereocenters. The monoisotopic (exact) mass is 289 g/mol. The highest BCUT2D eigenvalue weighted by Gasteiger charge is 2.39. The topological polar surface area (TPSA) is 38.8 Å². The van der Waals surface area contributed by atoms with Gasteiger partial charge < -0.3 is 14.4 Å². The van der Waals surface area contributed by atoms with E-state index in [1.165, 1.54) is 12.8 Å². The molecule has 4 heteroatoms. The summed E-state index contributed by atoms with van der Waals surface area (Å²) in [6.07, 6.45) is 7.00. The summed E-state index contributed by atoms with van der Waals surface area (Å²) in [6.45, 7) is 0. The van der Waals surface area contributed by atoms with E-state index in [0.29, 0.717) is 29.1 Å². The third kappa shape index (κ3) is 2.71. The molecule has 2 aliphatic rings. The number of carbonyl (C=O) groups is 1. The number of amides is 1. The van der Waals surface area contributed by atoms with Gasteiger partial charge in [0.2, 0.25) is 0 Å². The minimum absolute atomic E-state index is 0.0974. The Hall–Kier alpha value is -1.71. The summed E-state index contributed by atoms with van der Waals surface area (Å²) >= 11 is 0. The van der Waals surface area contributed by atoms with Crippen LogP contribution in [0.1, 0.15) is 48.9 Å². The van der Waals surface area contributed by atoms with Crippen LogP contribution in [0.3, 0.4) is 0 Å². The van der Waals surface area contributed by atoms with E-state index in [0.717, 1.165) is 25.7 Å². The largest absolute Gasteiger partial charge is 0.493 e. The molecule has 0 atom stereocenters. The Morgan fingerprint density at radius 1 is 1.05 bits per heavy atom. The summed E-state index contributed by atoms with van der Waals surface area (Å²) in [5.74, 6) is 1.26. The Morgan fingerprint density at radius 2 is 1.71 bits per heavy atom. The molecule has 114 valence electrons. The minimum Gasteiger partial charge on any atom is -0.493 e. The van der Waals surface area contributed by atoms with Gasteiger partial charge in [-0.1, -0.05) is 18.9 Å². The average Bonchev–Trinajstić information content (AvgIpc) is 3.20. The lowest BCUT2D eigenvalue weighted by Crippen LogP contribution is -2.40. The Labute approximate surface area is 126 Å². The van der Waals surface area contributed by atoms with Crippen LogP contribution in [0.2, 0.25) is 0 Å². The molecule has 21 heavy (non-hydrogen) atoms. The Bertz CT molecular complexity index is 519. The molecular weight excluding hydrogens is 266 g/mol. The maximum absolute atomic E-state index is 13.1. The van der Waals surface area contributed by atoms with E-state index in [-0.39, 0.29) is 5.91 Å². The van der Waals surface area contributed by atoms with E-state index in [1.54, 1.807) is 14.2 Å². The fraction of sp³-hybridized carbons (Fsp3) is 0.588. The number of methoxy groups -OCH3 is 2. The molecule has 1 aromatic carbocycles. The van der Waals surface area contributed by atoms with Gasteiger partial charge in [0.1, 0.15) is 0 Å². The first-order valence-corrected chi connectivity index (χ1v) is 7.80. The van der Waals surface area contributed by atoms with Gasteiger partial charge in [0.05, 0.1) is 19.8 Å². The summed E-state index contributed by atoms with van der Waals surface area (Å²) in [5.41, 5.74) is 0.621. The first-order valence-electron chi connectivity index (χ1n) is 7.80. The third-order valence-corrected chi connectivity index (χ3v) is 4.53. The van der Waals surface area contributed by atoms with Crippen molar-refractivity contribution in [3.63, 3.8) is 0 Å². The standard InChI is InChI=1S/C17H23NO3/c1-20-15-9-5-8-14(16(15)21-2)17(19)18(13-10-11-13)12-6-3-4-7-12/h5,8-9,12-13H,3-4,6-7,10-11H2,1-2H3. The molecule has 2 aliphatic carbocycles. The molecule has 2 fully saturated rings. The number of ether oxygens (including phenoxy) is 2. The first-order chi connectivity index (χ1) is 10.3. The van der Waals surface area contributed by atoms with Crippen LogP contribution < -0.4 is 9.47 Å². The molecule has 4 nitrogen and oxygen atoms in total. The van der Waals surface area contributed by atoms with Crippen molar-refractivity contribution in [2.75, 3.05) is 14.2 Å². The normalized spacial score (nSPS) is 18.6. The fourth-order valence-electron chi connectivity index (χ4n) is 3.36. The predicted octanol–water partition coefficient (Wildman–Crippen LogP) is 3.25. The highest BCUT2D eigenvalue weighted by atomic mass is 16.5. The molecule has 0 spiro atoms. The minimum atomic E-state index is 0.0974. The van der Waals surface area contributed by atoms with Gasteiger partial charge in [0.25, 0.3) is 5.91 Å². The summed E-state index contributed by atoms with van der Waals surface area (Å²) < 4.78 is 10.7. The average molecular weight is 289 g/mol. The molecule has 1 amide bonds. The van der Waals surface area contributed by atoms with Gasteiger partial charge in [-0.05, 0) is 37.8 Å². The number of rotatable bonds is 5. The molecule has 2 saturated carbocycles. The van der Waals surface area contributed by atoms with Crippen molar-refractivity contribution >= 4 is 5.91 Å². The van der Waals surface area contributed by atoms with Crippen molar-refractivity contribution in [3.05, 3.63) is 23.8 Å². The first kappa shape index (κ1) is 14.2.